The van der Waals surface area contributed by atoms with Crippen molar-refractivity contribution in [1.82, 2.24) is 4.90 Å². The van der Waals surface area contributed by atoms with Crippen molar-refractivity contribution in [3.05, 3.63) is 23.8 Å². The number of benzene rings is 1. The normalized spacial score (nSPS) is 19.7. The van der Waals surface area contributed by atoms with Crippen molar-refractivity contribution in [3.8, 4) is 11.5 Å². The maximum absolute atomic E-state index is 13.5. The lowest BCUT2D eigenvalue weighted by Gasteiger charge is -2.39. The van der Waals surface area contributed by atoms with Gasteiger partial charge in [0.05, 0.1) is 19.8 Å². The minimum atomic E-state index is -0.906. The van der Waals surface area contributed by atoms with Crippen molar-refractivity contribution >= 4 is 0 Å². The second-order valence-electron chi connectivity index (χ2n) is 5.94. The predicted molar refractivity (Wildman–Crippen MR) is 84.3 cm³/mol. The van der Waals surface area contributed by atoms with E-state index in [2.05, 4.69) is 4.90 Å². The van der Waals surface area contributed by atoms with Crippen LogP contribution in [-0.4, -0.2) is 50.0 Å². The first-order valence-corrected chi connectivity index (χ1v) is 7.83. The van der Waals surface area contributed by atoms with Crippen LogP contribution in [0.15, 0.2) is 18.2 Å². The highest BCUT2D eigenvalue weighted by Crippen LogP contribution is 2.37. The molecule has 1 aliphatic heterocycles. The van der Waals surface area contributed by atoms with Gasteiger partial charge in [-0.1, -0.05) is 6.92 Å². The quantitative estimate of drug-likeness (QED) is 0.877. The molecule has 0 bridgehead atoms. The Kier molecular flexibility index (Phi) is 5.64. The zero-order chi connectivity index (χ0) is 16.2. The van der Waals surface area contributed by atoms with Crippen molar-refractivity contribution < 1.29 is 19.0 Å². The van der Waals surface area contributed by atoms with Crippen LogP contribution in [0.4, 0.5) is 4.39 Å². The minimum absolute atomic E-state index is 0.452. The highest BCUT2D eigenvalue weighted by molar-refractivity contribution is 5.41. The molecule has 124 valence electrons. The number of hydrogen-bond donors (Lipinski definition) is 1. The van der Waals surface area contributed by atoms with Crippen LogP contribution in [0.5, 0.6) is 11.5 Å². The van der Waals surface area contributed by atoms with E-state index < -0.39 is 11.8 Å². The molecule has 1 saturated heterocycles. The van der Waals surface area contributed by atoms with Crippen LogP contribution < -0.4 is 9.47 Å². The Hall–Kier alpha value is -1.33. The van der Waals surface area contributed by atoms with Gasteiger partial charge in [0.1, 0.15) is 17.7 Å². The number of methoxy groups -OCH3 is 2. The van der Waals surface area contributed by atoms with Crippen LogP contribution in [0.2, 0.25) is 0 Å². The first-order valence-electron chi connectivity index (χ1n) is 7.83. The van der Waals surface area contributed by atoms with Gasteiger partial charge in [-0.05, 0) is 37.0 Å². The van der Waals surface area contributed by atoms with E-state index in [0.717, 1.165) is 5.56 Å². The molecule has 0 spiro atoms. The molecule has 0 unspecified atom stereocenters. The molecular formula is C17H26FNO3. The summed E-state index contributed by atoms with van der Waals surface area (Å²) in [4.78, 5) is 2.08. The smallest absolute Gasteiger partial charge is 0.122 e. The molecule has 4 nitrogen and oxygen atoms in total. The van der Waals surface area contributed by atoms with E-state index in [1.807, 2.05) is 19.1 Å². The summed E-state index contributed by atoms with van der Waals surface area (Å²) in [5, 5.41) is 11.0. The van der Waals surface area contributed by atoms with Gasteiger partial charge in [0.25, 0.3) is 0 Å². The van der Waals surface area contributed by atoms with E-state index in [9.17, 15) is 9.50 Å². The van der Waals surface area contributed by atoms with Gasteiger partial charge < -0.3 is 19.5 Å². The van der Waals surface area contributed by atoms with Gasteiger partial charge in [-0.2, -0.15) is 0 Å². The number of rotatable bonds is 6. The van der Waals surface area contributed by atoms with Crippen molar-refractivity contribution in [2.45, 2.75) is 38.0 Å². The molecule has 0 aliphatic carbocycles. The molecule has 0 amide bonds. The lowest BCUT2D eigenvalue weighted by atomic mass is 9.84. The first-order chi connectivity index (χ1) is 10.5. The number of likely N-dealkylation sites (tertiary alicyclic amines) is 1. The number of hydrogen-bond acceptors (Lipinski definition) is 4. The summed E-state index contributed by atoms with van der Waals surface area (Å²) in [5.74, 6) is 1.33. The monoisotopic (exact) mass is 311 g/mol. The van der Waals surface area contributed by atoms with Gasteiger partial charge in [0, 0.05) is 25.7 Å². The van der Waals surface area contributed by atoms with E-state index in [4.69, 9.17) is 9.47 Å². The van der Waals surface area contributed by atoms with Gasteiger partial charge in [-0.3, -0.25) is 0 Å². The Morgan fingerprint density at radius 3 is 2.18 bits per heavy atom. The Morgan fingerprint density at radius 1 is 1.18 bits per heavy atom. The number of ether oxygens (including phenoxy) is 2. The topological polar surface area (TPSA) is 41.9 Å². The van der Waals surface area contributed by atoms with Crippen LogP contribution >= 0.6 is 0 Å². The summed E-state index contributed by atoms with van der Waals surface area (Å²) in [5.41, 5.74) is -0.105. The van der Waals surface area contributed by atoms with E-state index >= 15 is 0 Å². The molecule has 0 saturated carbocycles. The molecule has 1 heterocycles. The van der Waals surface area contributed by atoms with Crippen molar-refractivity contribution in [2.24, 2.45) is 0 Å². The van der Waals surface area contributed by atoms with Gasteiger partial charge in [0.15, 0.2) is 0 Å². The van der Waals surface area contributed by atoms with Crippen LogP contribution in [0, 0.1) is 0 Å². The summed E-state index contributed by atoms with van der Waals surface area (Å²) in [6.07, 6.45) is 0.913. The molecule has 1 aliphatic rings. The van der Waals surface area contributed by atoms with Gasteiger partial charge in [0.2, 0.25) is 0 Å². The average molecular weight is 311 g/mol. The number of piperidine rings is 1. The fraction of sp³-hybridized carbons (Fsp3) is 0.647. The maximum Gasteiger partial charge on any atom is 0.122 e. The summed E-state index contributed by atoms with van der Waals surface area (Å²) >= 11 is 0. The minimum Gasteiger partial charge on any atom is -0.497 e. The van der Waals surface area contributed by atoms with Crippen molar-refractivity contribution in [1.29, 1.82) is 0 Å². The number of halogens is 1. The molecule has 22 heavy (non-hydrogen) atoms. The summed E-state index contributed by atoms with van der Waals surface area (Å²) in [6, 6.07) is 5.49. The zero-order valence-electron chi connectivity index (χ0n) is 13.6. The lowest BCUT2D eigenvalue weighted by Crippen LogP contribution is -2.44. The second kappa shape index (κ2) is 7.29. The Balaban J connectivity index is 2.09. The standard InChI is InChI=1S/C17H26FNO3/c1-4-14(18)12-19-7-5-17(20,6-8-19)13-9-15(21-2)11-16(10-13)22-3/h9-11,14,20H,4-8,12H2,1-3H3/t14-/m1/s1. The predicted octanol–water partition coefficient (Wildman–Crippen LogP) is 2.74. The molecule has 5 heteroatoms. The third-order valence-corrected chi connectivity index (χ3v) is 4.47. The van der Waals surface area contributed by atoms with Crippen molar-refractivity contribution in [2.75, 3.05) is 33.9 Å². The van der Waals surface area contributed by atoms with Gasteiger partial charge >= 0.3 is 0 Å². The summed E-state index contributed by atoms with van der Waals surface area (Å²) in [6.45, 7) is 3.69. The Morgan fingerprint density at radius 2 is 1.73 bits per heavy atom. The van der Waals surface area contributed by atoms with Crippen LogP contribution in [0.25, 0.3) is 0 Å². The van der Waals surface area contributed by atoms with Gasteiger partial charge in [-0.25, -0.2) is 4.39 Å². The van der Waals surface area contributed by atoms with Crippen LogP contribution in [-0.2, 0) is 5.60 Å². The molecule has 1 aromatic carbocycles. The van der Waals surface area contributed by atoms with Crippen LogP contribution in [0.1, 0.15) is 31.7 Å². The summed E-state index contributed by atoms with van der Waals surface area (Å²) in [7, 11) is 3.19. The molecule has 1 aromatic rings. The van der Waals surface area contributed by atoms with E-state index in [1.165, 1.54) is 0 Å². The zero-order valence-corrected chi connectivity index (χ0v) is 13.6. The molecule has 1 N–H and O–H groups in total. The number of nitrogens with zero attached hydrogens (tertiary/aromatic N) is 1. The van der Waals surface area contributed by atoms with Crippen LogP contribution in [0.3, 0.4) is 0 Å². The Labute approximate surface area is 131 Å². The third-order valence-electron chi connectivity index (χ3n) is 4.47. The molecule has 1 fully saturated rings. The lowest BCUT2D eigenvalue weighted by molar-refractivity contribution is -0.0303. The summed E-state index contributed by atoms with van der Waals surface area (Å²) < 4.78 is 24.0. The largest absolute Gasteiger partial charge is 0.497 e. The fourth-order valence-corrected chi connectivity index (χ4v) is 2.88. The first kappa shape index (κ1) is 17.0. The highest BCUT2D eigenvalue weighted by Gasteiger charge is 2.35. The Bertz CT molecular complexity index is 465. The van der Waals surface area contributed by atoms with Gasteiger partial charge in [-0.15, -0.1) is 0 Å². The van der Waals surface area contributed by atoms with Crippen molar-refractivity contribution in [3.63, 3.8) is 0 Å². The SMILES string of the molecule is CC[C@@H](F)CN1CCC(O)(c2cc(OC)cc(OC)c2)CC1. The third kappa shape index (κ3) is 3.90. The molecule has 2 rings (SSSR count). The maximum atomic E-state index is 13.5. The van der Waals surface area contributed by atoms with E-state index in [-0.39, 0.29) is 0 Å². The molecule has 1 atom stereocenters. The molecule has 0 radical (unpaired) electrons. The van der Waals surface area contributed by atoms with E-state index in [0.29, 0.717) is 50.4 Å². The number of aliphatic hydroxyl groups is 1. The fourth-order valence-electron chi connectivity index (χ4n) is 2.88. The second-order valence-corrected chi connectivity index (χ2v) is 5.94. The highest BCUT2D eigenvalue weighted by atomic mass is 19.1. The number of alkyl halides is 1. The molecule has 0 aromatic heterocycles. The molecular weight excluding hydrogens is 285 g/mol. The average Bonchev–Trinajstić information content (AvgIpc) is 2.56. The van der Waals surface area contributed by atoms with E-state index in [1.54, 1.807) is 20.3 Å².